The van der Waals surface area contributed by atoms with Gasteiger partial charge in [0.1, 0.15) is 0 Å². The molecule has 0 aliphatic carbocycles. The van der Waals surface area contributed by atoms with Crippen LogP contribution in [0.15, 0.2) is 12.1 Å². The molecule has 1 aliphatic rings. The minimum atomic E-state index is 0.854. The van der Waals surface area contributed by atoms with Crippen LogP contribution in [0.3, 0.4) is 0 Å². The Labute approximate surface area is 91.9 Å². The molecule has 0 aromatic heterocycles. The molecule has 1 aliphatic heterocycles. The maximum absolute atomic E-state index is 5.37. The number of anilines is 1. The Hall–Kier alpha value is -1.02. The highest BCUT2D eigenvalue weighted by Gasteiger charge is 2.13. The van der Waals surface area contributed by atoms with Crippen molar-refractivity contribution in [1.82, 2.24) is 0 Å². The molecular weight excluding hydrogens is 186 g/mol. The number of benzene rings is 1. The minimum Gasteiger partial charge on any atom is -0.378 e. The van der Waals surface area contributed by atoms with Crippen LogP contribution in [0.25, 0.3) is 0 Å². The summed E-state index contributed by atoms with van der Waals surface area (Å²) >= 11 is 0. The van der Waals surface area contributed by atoms with Crippen LogP contribution >= 0.6 is 0 Å². The predicted octanol–water partition coefficient (Wildman–Crippen LogP) is 2.45. The second kappa shape index (κ2) is 4.23. The number of hydrogen-bond donors (Lipinski definition) is 0. The van der Waals surface area contributed by atoms with Crippen molar-refractivity contribution in [1.29, 1.82) is 0 Å². The summed E-state index contributed by atoms with van der Waals surface area (Å²) in [5.74, 6) is 0. The standard InChI is InChI=1S/C13H19NO/c1-10-8-12(3)13(9-11(10)2)14-4-6-15-7-5-14/h8-9H,4-7H2,1-3H3. The topological polar surface area (TPSA) is 12.5 Å². The third-order valence-corrected chi connectivity index (χ3v) is 3.16. The number of hydrogen-bond acceptors (Lipinski definition) is 2. The SMILES string of the molecule is Cc1cc(C)c(N2CCOCC2)cc1C. The van der Waals surface area contributed by atoms with Gasteiger partial charge in [-0.05, 0) is 43.5 Å². The Kier molecular flexibility index (Phi) is 2.96. The van der Waals surface area contributed by atoms with Gasteiger partial charge in [0.25, 0.3) is 0 Å². The van der Waals surface area contributed by atoms with E-state index in [1.165, 1.54) is 22.4 Å². The molecule has 2 rings (SSSR count). The Morgan fingerprint density at radius 3 is 2.20 bits per heavy atom. The fourth-order valence-electron chi connectivity index (χ4n) is 2.09. The number of ether oxygens (including phenoxy) is 1. The van der Waals surface area contributed by atoms with E-state index in [0.717, 1.165) is 26.3 Å². The van der Waals surface area contributed by atoms with E-state index < -0.39 is 0 Å². The summed E-state index contributed by atoms with van der Waals surface area (Å²) in [6.45, 7) is 10.3. The first-order chi connectivity index (χ1) is 7.18. The molecule has 1 aromatic carbocycles. The first kappa shape index (κ1) is 10.5. The summed E-state index contributed by atoms with van der Waals surface area (Å²) in [5, 5.41) is 0. The van der Waals surface area contributed by atoms with Gasteiger partial charge in [0.05, 0.1) is 13.2 Å². The highest BCUT2D eigenvalue weighted by Crippen LogP contribution is 2.24. The average Bonchev–Trinajstić information content (AvgIpc) is 2.25. The molecule has 0 atom stereocenters. The van der Waals surface area contributed by atoms with Crippen LogP contribution in [-0.4, -0.2) is 26.3 Å². The Morgan fingerprint density at radius 1 is 0.933 bits per heavy atom. The van der Waals surface area contributed by atoms with Gasteiger partial charge in [-0.15, -0.1) is 0 Å². The van der Waals surface area contributed by atoms with Crippen molar-refractivity contribution in [3.63, 3.8) is 0 Å². The van der Waals surface area contributed by atoms with Crippen molar-refractivity contribution in [2.75, 3.05) is 31.2 Å². The van der Waals surface area contributed by atoms with Gasteiger partial charge >= 0.3 is 0 Å². The van der Waals surface area contributed by atoms with Crippen molar-refractivity contribution >= 4 is 5.69 Å². The smallest absolute Gasteiger partial charge is 0.0642 e. The summed E-state index contributed by atoms with van der Waals surface area (Å²) in [6.07, 6.45) is 0. The molecule has 1 heterocycles. The van der Waals surface area contributed by atoms with Crippen molar-refractivity contribution in [2.24, 2.45) is 0 Å². The normalized spacial score (nSPS) is 16.9. The van der Waals surface area contributed by atoms with Crippen LogP contribution in [0.1, 0.15) is 16.7 Å². The summed E-state index contributed by atoms with van der Waals surface area (Å²) < 4.78 is 5.37. The van der Waals surface area contributed by atoms with Gasteiger partial charge in [-0.25, -0.2) is 0 Å². The fraction of sp³-hybridized carbons (Fsp3) is 0.538. The monoisotopic (exact) mass is 205 g/mol. The van der Waals surface area contributed by atoms with Gasteiger partial charge in [-0.3, -0.25) is 0 Å². The molecule has 0 saturated carbocycles. The van der Waals surface area contributed by atoms with E-state index in [1.54, 1.807) is 0 Å². The quantitative estimate of drug-likeness (QED) is 0.698. The lowest BCUT2D eigenvalue weighted by Crippen LogP contribution is -2.36. The van der Waals surface area contributed by atoms with E-state index in [2.05, 4.69) is 37.8 Å². The van der Waals surface area contributed by atoms with E-state index in [0.29, 0.717) is 0 Å². The molecule has 0 unspecified atom stereocenters. The summed E-state index contributed by atoms with van der Waals surface area (Å²) in [5.41, 5.74) is 5.51. The zero-order chi connectivity index (χ0) is 10.8. The van der Waals surface area contributed by atoms with E-state index in [-0.39, 0.29) is 0 Å². The van der Waals surface area contributed by atoms with Gasteiger partial charge in [0.15, 0.2) is 0 Å². The van der Waals surface area contributed by atoms with Crippen LogP contribution in [0.4, 0.5) is 5.69 Å². The van der Waals surface area contributed by atoms with Crippen molar-refractivity contribution in [3.05, 3.63) is 28.8 Å². The van der Waals surface area contributed by atoms with Gasteiger partial charge < -0.3 is 9.64 Å². The molecule has 0 spiro atoms. The van der Waals surface area contributed by atoms with Crippen LogP contribution in [0, 0.1) is 20.8 Å². The molecule has 0 N–H and O–H groups in total. The number of rotatable bonds is 1. The molecule has 82 valence electrons. The van der Waals surface area contributed by atoms with Gasteiger partial charge in [0.2, 0.25) is 0 Å². The van der Waals surface area contributed by atoms with E-state index in [9.17, 15) is 0 Å². The Morgan fingerprint density at radius 2 is 1.53 bits per heavy atom. The number of aryl methyl sites for hydroxylation is 3. The average molecular weight is 205 g/mol. The maximum atomic E-state index is 5.37. The first-order valence-electron chi connectivity index (χ1n) is 5.59. The van der Waals surface area contributed by atoms with Gasteiger partial charge in [-0.1, -0.05) is 6.07 Å². The third-order valence-electron chi connectivity index (χ3n) is 3.16. The lowest BCUT2D eigenvalue weighted by atomic mass is 10.0. The van der Waals surface area contributed by atoms with Crippen LogP contribution < -0.4 is 4.90 Å². The molecule has 2 nitrogen and oxygen atoms in total. The maximum Gasteiger partial charge on any atom is 0.0642 e. The number of nitrogens with zero attached hydrogens (tertiary/aromatic N) is 1. The lowest BCUT2D eigenvalue weighted by Gasteiger charge is -2.30. The van der Waals surface area contributed by atoms with Crippen molar-refractivity contribution in [3.8, 4) is 0 Å². The Balaban J connectivity index is 2.30. The lowest BCUT2D eigenvalue weighted by molar-refractivity contribution is 0.122. The minimum absolute atomic E-state index is 0.854. The molecule has 0 radical (unpaired) electrons. The summed E-state index contributed by atoms with van der Waals surface area (Å²) in [6, 6.07) is 4.58. The molecule has 1 aromatic rings. The van der Waals surface area contributed by atoms with Gasteiger partial charge in [0, 0.05) is 18.8 Å². The second-order valence-corrected chi connectivity index (χ2v) is 4.32. The number of morpholine rings is 1. The van der Waals surface area contributed by atoms with Crippen molar-refractivity contribution in [2.45, 2.75) is 20.8 Å². The summed E-state index contributed by atoms with van der Waals surface area (Å²) in [7, 11) is 0. The molecule has 1 saturated heterocycles. The zero-order valence-corrected chi connectivity index (χ0v) is 9.84. The molecule has 0 bridgehead atoms. The highest BCUT2D eigenvalue weighted by atomic mass is 16.5. The Bertz CT molecular complexity index is 354. The highest BCUT2D eigenvalue weighted by molar-refractivity contribution is 5.57. The predicted molar refractivity (Wildman–Crippen MR) is 63.7 cm³/mol. The van der Waals surface area contributed by atoms with Crippen molar-refractivity contribution < 1.29 is 4.74 Å². The summed E-state index contributed by atoms with van der Waals surface area (Å²) in [4.78, 5) is 2.42. The van der Waals surface area contributed by atoms with E-state index >= 15 is 0 Å². The molecule has 15 heavy (non-hydrogen) atoms. The van der Waals surface area contributed by atoms with Crippen LogP contribution in [0.2, 0.25) is 0 Å². The largest absolute Gasteiger partial charge is 0.378 e. The molecule has 1 fully saturated rings. The fourth-order valence-corrected chi connectivity index (χ4v) is 2.09. The molecular formula is C13H19NO. The zero-order valence-electron chi connectivity index (χ0n) is 9.84. The van der Waals surface area contributed by atoms with Crippen LogP contribution in [-0.2, 0) is 4.74 Å². The van der Waals surface area contributed by atoms with E-state index in [4.69, 9.17) is 4.74 Å². The van der Waals surface area contributed by atoms with Gasteiger partial charge in [-0.2, -0.15) is 0 Å². The first-order valence-corrected chi connectivity index (χ1v) is 5.59. The second-order valence-electron chi connectivity index (χ2n) is 4.32. The van der Waals surface area contributed by atoms with Crippen LogP contribution in [0.5, 0.6) is 0 Å². The third kappa shape index (κ3) is 2.15. The molecule has 2 heteroatoms. The molecule has 0 amide bonds. The van der Waals surface area contributed by atoms with E-state index in [1.807, 2.05) is 0 Å².